The largest absolute Gasteiger partial charge is 0.322 e. The first-order valence-electron chi connectivity index (χ1n) is 7.98. The average Bonchev–Trinajstić information content (AvgIpc) is 3.01. The molecule has 0 saturated carbocycles. The van der Waals surface area contributed by atoms with Crippen molar-refractivity contribution in [3.8, 4) is 0 Å². The van der Waals surface area contributed by atoms with Gasteiger partial charge < -0.3 is 10.3 Å². The summed E-state index contributed by atoms with van der Waals surface area (Å²) in [7, 11) is 0. The van der Waals surface area contributed by atoms with E-state index in [-0.39, 0.29) is 6.04 Å². The van der Waals surface area contributed by atoms with Gasteiger partial charge in [0.15, 0.2) is 0 Å². The molecule has 0 amide bonds. The van der Waals surface area contributed by atoms with Gasteiger partial charge in [0.2, 0.25) is 0 Å². The maximum absolute atomic E-state index is 6.49. The molecule has 4 rings (SSSR count). The van der Waals surface area contributed by atoms with Gasteiger partial charge in [0.25, 0.3) is 0 Å². The van der Waals surface area contributed by atoms with E-state index in [0.717, 1.165) is 29.1 Å². The van der Waals surface area contributed by atoms with E-state index in [9.17, 15) is 0 Å². The van der Waals surface area contributed by atoms with Crippen LogP contribution in [0.25, 0.3) is 11.0 Å². The molecule has 0 bridgehead atoms. The fraction of sp³-hybridized carbons (Fsp3) is 0.100. The highest BCUT2D eigenvalue weighted by atomic mass is 15.1. The summed E-state index contributed by atoms with van der Waals surface area (Å²) in [6.45, 7) is 0.733. The fourth-order valence-corrected chi connectivity index (χ4v) is 2.96. The van der Waals surface area contributed by atoms with E-state index in [4.69, 9.17) is 10.7 Å². The van der Waals surface area contributed by atoms with Crippen LogP contribution >= 0.6 is 0 Å². The first kappa shape index (κ1) is 14.6. The van der Waals surface area contributed by atoms with Crippen molar-refractivity contribution in [3.63, 3.8) is 0 Å². The minimum Gasteiger partial charge on any atom is -0.322 e. The van der Waals surface area contributed by atoms with Crippen LogP contribution in [-0.4, -0.2) is 14.5 Å². The van der Waals surface area contributed by atoms with Crippen LogP contribution in [0, 0.1) is 0 Å². The normalized spacial score (nSPS) is 12.4. The Balaban J connectivity index is 1.84. The van der Waals surface area contributed by atoms with Gasteiger partial charge in [0.05, 0.1) is 16.7 Å². The highest BCUT2D eigenvalue weighted by molar-refractivity contribution is 5.76. The van der Waals surface area contributed by atoms with Gasteiger partial charge in [0, 0.05) is 12.7 Å². The van der Waals surface area contributed by atoms with E-state index in [1.165, 1.54) is 5.56 Å². The van der Waals surface area contributed by atoms with Gasteiger partial charge in [0.1, 0.15) is 11.9 Å². The molecule has 24 heavy (non-hydrogen) atoms. The molecule has 2 aromatic heterocycles. The molecule has 118 valence electrons. The van der Waals surface area contributed by atoms with E-state index in [1.54, 1.807) is 6.20 Å². The molecular weight excluding hydrogens is 296 g/mol. The highest BCUT2D eigenvalue weighted by Gasteiger charge is 2.19. The van der Waals surface area contributed by atoms with Crippen molar-refractivity contribution in [2.75, 3.05) is 0 Å². The van der Waals surface area contributed by atoms with Crippen LogP contribution in [0.4, 0.5) is 0 Å². The third-order valence-electron chi connectivity index (χ3n) is 4.15. The summed E-state index contributed by atoms with van der Waals surface area (Å²) in [5.41, 5.74) is 10.6. The number of nitrogens with zero attached hydrogens (tertiary/aromatic N) is 3. The third-order valence-corrected chi connectivity index (χ3v) is 4.15. The Hall–Kier alpha value is -2.98. The summed E-state index contributed by atoms with van der Waals surface area (Å²) in [5.74, 6) is 0.832. The molecule has 0 spiro atoms. The van der Waals surface area contributed by atoms with Crippen LogP contribution in [0.5, 0.6) is 0 Å². The number of pyridine rings is 1. The average molecular weight is 314 g/mol. The molecule has 0 aliphatic heterocycles. The number of imidazole rings is 1. The summed E-state index contributed by atoms with van der Waals surface area (Å²) in [5, 5.41) is 0. The smallest absolute Gasteiger partial charge is 0.133 e. The quantitative estimate of drug-likeness (QED) is 0.627. The molecule has 0 fully saturated rings. The molecule has 0 radical (unpaired) electrons. The second-order valence-electron chi connectivity index (χ2n) is 5.76. The monoisotopic (exact) mass is 314 g/mol. The van der Waals surface area contributed by atoms with E-state index in [1.807, 2.05) is 54.6 Å². The van der Waals surface area contributed by atoms with Crippen LogP contribution in [0.2, 0.25) is 0 Å². The number of rotatable bonds is 4. The fourth-order valence-electron chi connectivity index (χ4n) is 2.96. The molecule has 0 aliphatic carbocycles. The van der Waals surface area contributed by atoms with Crippen molar-refractivity contribution < 1.29 is 0 Å². The number of hydrogen-bond donors (Lipinski definition) is 1. The van der Waals surface area contributed by atoms with E-state index < -0.39 is 0 Å². The highest BCUT2D eigenvalue weighted by Crippen LogP contribution is 2.24. The molecule has 2 aromatic carbocycles. The lowest BCUT2D eigenvalue weighted by Gasteiger charge is -2.14. The minimum atomic E-state index is -0.359. The molecule has 1 atom stereocenters. The summed E-state index contributed by atoms with van der Waals surface area (Å²) >= 11 is 0. The van der Waals surface area contributed by atoms with E-state index in [0.29, 0.717) is 0 Å². The van der Waals surface area contributed by atoms with Gasteiger partial charge in [-0.25, -0.2) is 4.98 Å². The maximum Gasteiger partial charge on any atom is 0.133 e. The van der Waals surface area contributed by atoms with Crippen LogP contribution in [0.3, 0.4) is 0 Å². The van der Waals surface area contributed by atoms with E-state index >= 15 is 0 Å². The Labute approximate surface area is 140 Å². The molecule has 2 heterocycles. The SMILES string of the molecule is NC(c1ccccn1)c1nc2ccccc2n1Cc1ccccc1. The summed E-state index contributed by atoms with van der Waals surface area (Å²) in [6, 6.07) is 23.9. The molecule has 0 aliphatic rings. The lowest BCUT2D eigenvalue weighted by atomic mass is 10.1. The Morgan fingerprint density at radius 3 is 2.42 bits per heavy atom. The lowest BCUT2D eigenvalue weighted by molar-refractivity contribution is 0.676. The standard InChI is InChI=1S/C20H18N4/c21-19(17-11-6-7-13-22-17)20-23-16-10-4-5-12-18(16)24(20)14-15-8-2-1-3-9-15/h1-13,19H,14,21H2. The molecule has 0 saturated heterocycles. The molecule has 4 heteroatoms. The topological polar surface area (TPSA) is 56.7 Å². The number of benzene rings is 2. The van der Waals surface area contributed by atoms with Crippen molar-refractivity contribution in [1.82, 2.24) is 14.5 Å². The van der Waals surface area contributed by atoms with E-state index in [2.05, 4.69) is 27.8 Å². The summed E-state index contributed by atoms with van der Waals surface area (Å²) in [6.07, 6.45) is 1.76. The van der Waals surface area contributed by atoms with Gasteiger partial charge in [-0.3, -0.25) is 4.98 Å². The second kappa shape index (κ2) is 6.26. The molecular formula is C20H18N4. The number of para-hydroxylation sites is 2. The summed E-state index contributed by atoms with van der Waals surface area (Å²) < 4.78 is 2.18. The Bertz CT molecular complexity index is 945. The van der Waals surface area contributed by atoms with Crippen LogP contribution in [-0.2, 0) is 6.54 Å². The first-order valence-corrected chi connectivity index (χ1v) is 7.98. The minimum absolute atomic E-state index is 0.359. The van der Waals surface area contributed by atoms with Crippen molar-refractivity contribution in [2.45, 2.75) is 12.6 Å². The van der Waals surface area contributed by atoms with Gasteiger partial charge in [-0.15, -0.1) is 0 Å². The Kier molecular flexibility index (Phi) is 3.81. The van der Waals surface area contributed by atoms with Gasteiger partial charge in [-0.1, -0.05) is 48.5 Å². The predicted molar refractivity (Wildman–Crippen MR) is 95.5 cm³/mol. The van der Waals surface area contributed by atoms with Crippen LogP contribution in [0.15, 0.2) is 79.0 Å². The first-order chi connectivity index (χ1) is 11.8. The number of aromatic nitrogens is 3. The van der Waals surface area contributed by atoms with Gasteiger partial charge in [-0.2, -0.15) is 0 Å². The van der Waals surface area contributed by atoms with Crippen molar-refractivity contribution >= 4 is 11.0 Å². The zero-order valence-electron chi connectivity index (χ0n) is 13.2. The number of nitrogens with two attached hydrogens (primary N) is 1. The van der Waals surface area contributed by atoms with Crippen molar-refractivity contribution in [1.29, 1.82) is 0 Å². The summed E-state index contributed by atoms with van der Waals surface area (Å²) in [4.78, 5) is 9.18. The Morgan fingerprint density at radius 2 is 1.62 bits per heavy atom. The van der Waals surface area contributed by atoms with Gasteiger partial charge in [-0.05, 0) is 29.8 Å². The van der Waals surface area contributed by atoms with Crippen molar-refractivity contribution in [3.05, 3.63) is 96.1 Å². The second-order valence-corrected chi connectivity index (χ2v) is 5.76. The predicted octanol–water partition coefficient (Wildman–Crippen LogP) is 3.53. The molecule has 4 aromatic rings. The molecule has 2 N–H and O–H groups in total. The third kappa shape index (κ3) is 2.68. The maximum atomic E-state index is 6.49. The molecule has 1 unspecified atom stereocenters. The van der Waals surface area contributed by atoms with Gasteiger partial charge >= 0.3 is 0 Å². The van der Waals surface area contributed by atoms with Crippen LogP contribution < -0.4 is 5.73 Å². The lowest BCUT2D eigenvalue weighted by Crippen LogP contribution is -2.19. The zero-order chi connectivity index (χ0) is 16.4. The van der Waals surface area contributed by atoms with Crippen LogP contribution in [0.1, 0.15) is 23.1 Å². The Morgan fingerprint density at radius 1 is 0.875 bits per heavy atom. The number of fused-ring (bicyclic) bond motifs is 1. The van der Waals surface area contributed by atoms with Crippen molar-refractivity contribution in [2.24, 2.45) is 5.73 Å². The zero-order valence-corrected chi connectivity index (χ0v) is 13.2. The number of hydrogen-bond acceptors (Lipinski definition) is 3. The molecule has 4 nitrogen and oxygen atoms in total.